The zero-order valence-corrected chi connectivity index (χ0v) is 16.0. The molecule has 0 radical (unpaired) electrons. The number of hydrogen-bond donors (Lipinski definition) is 2. The number of carbonyl (C=O) groups excluding carboxylic acids is 1. The molecule has 0 saturated heterocycles. The number of hydrogen-bond acceptors (Lipinski definition) is 5. The quantitative estimate of drug-likeness (QED) is 0.508. The van der Waals surface area contributed by atoms with Crippen LogP contribution in [0, 0.1) is 13.8 Å². The minimum atomic E-state index is -0.298. The molecule has 0 aliphatic carbocycles. The molecule has 1 amide bonds. The molecule has 0 aliphatic rings. The van der Waals surface area contributed by atoms with Crippen molar-refractivity contribution in [3.63, 3.8) is 0 Å². The largest absolute Gasteiger partial charge is 0.489 e. The second-order valence-corrected chi connectivity index (χ2v) is 7.15. The molecule has 0 aliphatic heterocycles. The van der Waals surface area contributed by atoms with Crippen molar-refractivity contribution in [2.45, 2.75) is 20.5 Å². The molecule has 7 heteroatoms. The van der Waals surface area contributed by atoms with Gasteiger partial charge in [-0.3, -0.25) is 10.5 Å². The number of nitrogens with one attached hydrogen (secondary N) is 2. The number of thiazole rings is 1. The van der Waals surface area contributed by atoms with Crippen molar-refractivity contribution in [1.82, 2.24) is 5.43 Å². The smallest absolute Gasteiger partial charge is 0.330 e. The van der Waals surface area contributed by atoms with Gasteiger partial charge in [-0.1, -0.05) is 42.0 Å². The van der Waals surface area contributed by atoms with E-state index in [1.807, 2.05) is 36.4 Å². The molecule has 3 aromatic rings. The Hall–Kier alpha value is -3.19. The summed E-state index contributed by atoms with van der Waals surface area (Å²) in [5.74, 6) is 0.441. The molecule has 138 valence electrons. The number of amides is 1. The lowest BCUT2D eigenvalue weighted by Gasteiger charge is -2.07. The van der Waals surface area contributed by atoms with Crippen molar-refractivity contribution >= 4 is 28.6 Å². The molecule has 4 N–H and O–H groups in total. The summed E-state index contributed by atoms with van der Waals surface area (Å²) in [6.45, 7) is 4.34. The molecule has 0 spiro atoms. The van der Waals surface area contributed by atoms with Gasteiger partial charge in [-0.15, -0.1) is 0 Å². The molecule has 6 nitrogen and oxygen atoms in total. The number of nitrogens with two attached hydrogens (primary N) is 1. The number of benzene rings is 2. The third kappa shape index (κ3) is 5.15. The van der Waals surface area contributed by atoms with E-state index >= 15 is 0 Å². The van der Waals surface area contributed by atoms with Gasteiger partial charge < -0.3 is 4.74 Å². The number of hydrazone groups is 1. The van der Waals surface area contributed by atoms with Crippen molar-refractivity contribution in [1.29, 1.82) is 0 Å². The van der Waals surface area contributed by atoms with Crippen LogP contribution < -0.4 is 20.9 Å². The first-order valence-electron chi connectivity index (χ1n) is 8.41. The fourth-order valence-corrected chi connectivity index (χ4v) is 3.31. The van der Waals surface area contributed by atoms with Gasteiger partial charge in [0.15, 0.2) is 0 Å². The summed E-state index contributed by atoms with van der Waals surface area (Å²) in [5, 5.41) is 4.50. The Morgan fingerprint density at radius 3 is 2.81 bits per heavy atom. The standard InChI is InChI=1S/C20H20N4O2S/c1-13-5-3-7-16(9-13)12-26-17-8-4-6-15(10-17)11-22-24-19(25)18-14(2)23-20(21)27-18/h3-11H,12H2,1-2H3,(H2,21,23)(H,24,25)/p+1. The van der Waals surface area contributed by atoms with E-state index in [4.69, 9.17) is 10.5 Å². The Labute approximate surface area is 161 Å². The third-order valence-electron chi connectivity index (χ3n) is 3.80. The van der Waals surface area contributed by atoms with E-state index < -0.39 is 0 Å². The Balaban J connectivity index is 1.59. The molecule has 0 bridgehead atoms. The maximum absolute atomic E-state index is 12.1. The first-order chi connectivity index (χ1) is 13.0. The predicted molar refractivity (Wildman–Crippen MR) is 107 cm³/mol. The monoisotopic (exact) mass is 381 g/mol. The second-order valence-electron chi connectivity index (χ2n) is 6.09. The average Bonchev–Trinajstić information content (AvgIpc) is 2.99. The van der Waals surface area contributed by atoms with Gasteiger partial charge in [0.25, 0.3) is 5.91 Å². The van der Waals surface area contributed by atoms with E-state index in [1.54, 1.807) is 13.1 Å². The minimum absolute atomic E-state index is 0.298. The van der Waals surface area contributed by atoms with Gasteiger partial charge in [-0.05, 0) is 48.4 Å². The molecule has 0 fully saturated rings. The van der Waals surface area contributed by atoms with Gasteiger partial charge >= 0.3 is 5.13 Å². The third-order valence-corrected chi connectivity index (χ3v) is 4.81. The summed E-state index contributed by atoms with van der Waals surface area (Å²) in [6, 6.07) is 15.7. The maximum Gasteiger partial charge on any atom is 0.330 e. The van der Waals surface area contributed by atoms with Crippen LogP contribution in [0.4, 0.5) is 5.13 Å². The van der Waals surface area contributed by atoms with E-state index in [-0.39, 0.29) is 5.91 Å². The SMILES string of the molecule is Cc1cccc(COc2cccc(C=NNC(=O)c3sc(N)[nH+]c3C)c2)c1. The van der Waals surface area contributed by atoms with Crippen LogP contribution in [0.3, 0.4) is 0 Å². The number of carbonyl (C=O) groups is 1. The molecule has 27 heavy (non-hydrogen) atoms. The highest BCUT2D eigenvalue weighted by Gasteiger charge is 2.16. The molecule has 0 saturated carbocycles. The van der Waals surface area contributed by atoms with E-state index in [1.165, 1.54) is 16.9 Å². The summed E-state index contributed by atoms with van der Waals surface area (Å²) >= 11 is 1.19. The van der Waals surface area contributed by atoms with Crippen LogP contribution in [0.5, 0.6) is 5.75 Å². The van der Waals surface area contributed by atoms with Crippen molar-refractivity contribution in [3.8, 4) is 5.75 Å². The molecular weight excluding hydrogens is 360 g/mol. The summed E-state index contributed by atoms with van der Waals surface area (Å²) in [7, 11) is 0. The summed E-state index contributed by atoms with van der Waals surface area (Å²) in [5.41, 5.74) is 12.0. The van der Waals surface area contributed by atoms with Crippen LogP contribution in [0.25, 0.3) is 0 Å². The van der Waals surface area contributed by atoms with Gasteiger partial charge in [0.05, 0.1) is 6.21 Å². The number of ether oxygens (including phenoxy) is 1. The van der Waals surface area contributed by atoms with Crippen molar-refractivity contribution in [3.05, 3.63) is 75.8 Å². The molecule has 0 atom stereocenters. The number of nitrogens with zero attached hydrogens (tertiary/aromatic N) is 1. The fourth-order valence-electron chi connectivity index (χ4n) is 2.54. The molecule has 2 aromatic carbocycles. The summed E-state index contributed by atoms with van der Waals surface area (Å²) < 4.78 is 5.84. The highest BCUT2D eigenvalue weighted by Crippen LogP contribution is 2.16. The number of H-pyrrole nitrogens is 1. The summed E-state index contributed by atoms with van der Waals surface area (Å²) in [6.07, 6.45) is 1.58. The lowest BCUT2D eigenvalue weighted by Crippen LogP contribution is -2.19. The van der Waals surface area contributed by atoms with E-state index in [2.05, 4.69) is 34.6 Å². The summed E-state index contributed by atoms with van der Waals surface area (Å²) in [4.78, 5) is 15.5. The molecule has 0 unspecified atom stereocenters. The second kappa shape index (κ2) is 8.46. The van der Waals surface area contributed by atoms with Gasteiger partial charge in [-0.2, -0.15) is 5.10 Å². The lowest BCUT2D eigenvalue weighted by atomic mass is 10.1. The van der Waals surface area contributed by atoms with Gasteiger partial charge in [-0.25, -0.2) is 10.4 Å². The van der Waals surface area contributed by atoms with Gasteiger partial charge in [0.1, 0.15) is 22.9 Å². The molecule has 1 aromatic heterocycles. The van der Waals surface area contributed by atoms with E-state index in [9.17, 15) is 4.79 Å². The number of aromatic amines is 1. The van der Waals surface area contributed by atoms with Crippen LogP contribution in [0.2, 0.25) is 0 Å². The highest BCUT2D eigenvalue weighted by atomic mass is 32.1. The predicted octanol–water partition coefficient (Wildman–Crippen LogP) is 3.10. The molecule has 3 rings (SSSR count). The number of anilines is 1. The van der Waals surface area contributed by atoms with Crippen LogP contribution >= 0.6 is 11.3 Å². The average molecular weight is 381 g/mol. The van der Waals surface area contributed by atoms with Crippen LogP contribution in [0.15, 0.2) is 53.6 Å². The Kier molecular flexibility index (Phi) is 5.83. The molecule has 1 heterocycles. The van der Waals surface area contributed by atoms with Crippen LogP contribution in [0.1, 0.15) is 32.1 Å². The molecular formula is C20H21N4O2S+. The van der Waals surface area contributed by atoms with E-state index in [0.717, 1.165) is 22.6 Å². The Bertz CT molecular complexity index is 982. The van der Waals surface area contributed by atoms with Crippen molar-refractivity contribution in [2.75, 3.05) is 5.73 Å². The lowest BCUT2D eigenvalue weighted by molar-refractivity contribution is -0.363. The van der Waals surface area contributed by atoms with E-state index in [0.29, 0.717) is 16.6 Å². The first-order valence-corrected chi connectivity index (χ1v) is 9.23. The number of aryl methyl sites for hydroxylation is 2. The number of rotatable bonds is 6. The maximum atomic E-state index is 12.1. The number of aromatic nitrogens is 1. The fraction of sp³-hybridized carbons (Fsp3) is 0.150. The van der Waals surface area contributed by atoms with Gasteiger partial charge in [0, 0.05) is 0 Å². The topological polar surface area (TPSA) is 90.8 Å². The van der Waals surface area contributed by atoms with Crippen molar-refractivity contribution < 1.29 is 14.5 Å². The van der Waals surface area contributed by atoms with Crippen LogP contribution in [-0.2, 0) is 6.61 Å². The highest BCUT2D eigenvalue weighted by molar-refractivity contribution is 7.16. The normalized spacial score (nSPS) is 10.9. The minimum Gasteiger partial charge on any atom is -0.489 e. The van der Waals surface area contributed by atoms with Crippen LogP contribution in [-0.4, -0.2) is 12.1 Å². The van der Waals surface area contributed by atoms with Crippen molar-refractivity contribution in [2.24, 2.45) is 5.10 Å². The zero-order valence-electron chi connectivity index (χ0n) is 15.2. The number of nitrogen functional groups attached to an aromatic ring is 1. The Morgan fingerprint density at radius 1 is 1.26 bits per heavy atom. The Morgan fingerprint density at radius 2 is 2.07 bits per heavy atom. The first kappa shape index (κ1) is 18.6. The zero-order chi connectivity index (χ0) is 19.2. The van der Waals surface area contributed by atoms with Gasteiger partial charge in [0.2, 0.25) is 0 Å².